The van der Waals surface area contributed by atoms with Crippen LogP contribution in [0.3, 0.4) is 0 Å². The van der Waals surface area contributed by atoms with Crippen LogP contribution in [0.4, 0.5) is 0 Å². The molecule has 2 atom stereocenters. The lowest BCUT2D eigenvalue weighted by atomic mass is 9.79. The molecular weight excluding hydrogens is 352 g/mol. The Bertz CT molecular complexity index is 784. The number of rotatable bonds is 3. The predicted molar refractivity (Wildman–Crippen MR) is 102 cm³/mol. The van der Waals surface area contributed by atoms with Crippen LogP contribution in [0.25, 0.3) is 0 Å². The molecule has 0 unspecified atom stereocenters. The third kappa shape index (κ3) is 3.30. The number of carbonyl (C=O) groups is 1. The van der Waals surface area contributed by atoms with Crippen LogP contribution in [-0.2, 0) is 12.0 Å². The van der Waals surface area contributed by atoms with Gasteiger partial charge >= 0.3 is 0 Å². The topological polar surface area (TPSA) is 70.6 Å². The Morgan fingerprint density at radius 1 is 1.23 bits per heavy atom. The number of hydrogen-bond acceptors (Lipinski definition) is 4. The highest BCUT2D eigenvalue weighted by Gasteiger charge is 2.43. The lowest BCUT2D eigenvalue weighted by Crippen LogP contribution is -2.61. The van der Waals surface area contributed by atoms with Gasteiger partial charge in [-0.2, -0.15) is 0 Å². The molecule has 0 spiro atoms. The van der Waals surface area contributed by atoms with E-state index in [2.05, 4.69) is 10.6 Å². The summed E-state index contributed by atoms with van der Waals surface area (Å²) in [5.74, 6) is 0.690. The number of piperidine rings is 1. The maximum absolute atomic E-state index is 13.0. The Labute approximate surface area is 159 Å². The zero-order valence-electron chi connectivity index (χ0n) is 14.4. The van der Waals surface area contributed by atoms with Gasteiger partial charge in [0.1, 0.15) is 5.75 Å². The standard InChI is InChI=1S/C20H22N2O3.ClH/c23-18-13-21-10-9-20(18,16-4-2-1-3-5-16)22-19(24)15-6-7-17-14(12-15)8-11-25-17;/h1-7,12,18,21,23H,8-11,13H2,(H,22,24);1H/t18-,20-;/m1./s1. The molecule has 1 fully saturated rings. The van der Waals surface area contributed by atoms with Gasteiger partial charge in [-0.3, -0.25) is 4.79 Å². The van der Waals surface area contributed by atoms with E-state index in [9.17, 15) is 9.90 Å². The summed E-state index contributed by atoms with van der Waals surface area (Å²) in [4.78, 5) is 13.0. The SMILES string of the molecule is Cl.O=C(N[C@@]1(c2ccccc2)CCNC[C@H]1O)c1ccc2c(c1)CCO2. The number of carbonyl (C=O) groups excluding carboxylic acids is 1. The van der Waals surface area contributed by atoms with Crippen molar-refractivity contribution in [2.45, 2.75) is 24.5 Å². The maximum atomic E-state index is 13.0. The van der Waals surface area contributed by atoms with Crippen molar-refractivity contribution >= 4 is 18.3 Å². The van der Waals surface area contributed by atoms with Crippen LogP contribution in [0.2, 0.25) is 0 Å². The molecule has 2 aromatic rings. The summed E-state index contributed by atoms with van der Waals surface area (Å²) in [5.41, 5.74) is 1.82. The zero-order chi connectivity index (χ0) is 17.3. The van der Waals surface area contributed by atoms with Gasteiger partial charge in [-0.15, -0.1) is 12.4 Å². The molecule has 4 rings (SSSR count). The summed E-state index contributed by atoms with van der Waals surface area (Å²) in [6.07, 6.45) is 0.774. The average Bonchev–Trinajstić information content (AvgIpc) is 3.12. The van der Waals surface area contributed by atoms with E-state index in [0.717, 1.165) is 29.8 Å². The third-order valence-corrected chi connectivity index (χ3v) is 5.18. The van der Waals surface area contributed by atoms with Gasteiger partial charge in [0.15, 0.2) is 0 Å². The molecule has 26 heavy (non-hydrogen) atoms. The van der Waals surface area contributed by atoms with Crippen LogP contribution >= 0.6 is 12.4 Å². The van der Waals surface area contributed by atoms with Gasteiger partial charge < -0.3 is 20.5 Å². The van der Waals surface area contributed by atoms with Crippen molar-refractivity contribution in [2.75, 3.05) is 19.7 Å². The average molecular weight is 375 g/mol. The summed E-state index contributed by atoms with van der Waals surface area (Å²) in [6, 6.07) is 15.3. The fraction of sp³-hybridized carbons (Fsp3) is 0.350. The molecule has 6 heteroatoms. The molecule has 2 aliphatic rings. The molecule has 1 saturated heterocycles. The minimum Gasteiger partial charge on any atom is -0.493 e. The smallest absolute Gasteiger partial charge is 0.252 e. The molecule has 2 aliphatic heterocycles. The third-order valence-electron chi connectivity index (χ3n) is 5.18. The number of β-amino-alcohol motifs (C(OH)–C–C–N with tert-alkyl or cyclic N) is 1. The first-order chi connectivity index (χ1) is 12.2. The quantitative estimate of drug-likeness (QED) is 0.768. The predicted octanol–water partition coefficient (Wildman–Crippen LogP) is 2.02. The maximum Gasteiger partial charge on any atom is 0.252 e. The van der Waals surface area contributed by atoms with Crippen molar-refractivity contribution < 1.29 is 14.6 Å². The molecule has 0 saturated carbocycles. The molecule has 0 aromatic heterocycles. The molecule has 138 valence electrons. The second-order valence-corrected chi connectivity index (χ2v) is 6.68. The van der Waals surface area contributed by atoms with E-state index in [1.807, 2.05) is 42.5 Å². The van der Waals surface area contributed by atoms with Crippen LogP contribution in [0, 0.1) is 0 Å². The number of ether oxygens (including phenoxy) is 1. The minimum absolute atomic E-state index is 0. The van der Waals surface area contributed by atoms with Crippen LogP contribution in [0.5, 0.6) is 5.75 Å². The number of fused-ring (bicyclic) bond motifs is 1. The normalized spacial score (nSPS) is 24.1. The second-order valence-electron chi connectivity index (χ2n) is 6.68. The van der Waals surface area contributed by atoms with Crippen LogP contribution < -0.4 is 15.4 Å². The Hall–Kier alpha value is -2.08. The van der Waals surface area contributed by atoms with Crippen LogP contribution in [0.1, 0.15) is 27.9 Å². The van der Waals surface area contributed by atoms with E-state index in [-0.39, 0.29) is 18.3 Å². The van der Waals surface area contributed by atoms with E-state index in [4.69, 9.17) is 4.74 Å². The van der Waals surface area contributed by atoms with Crippen molar-refractivity contribution in [1.29, 1.82) is 0 Å². The number of aliphatic hydroxyl groups excluding tert-OH is 1. The van der Waals surface area contributed by atoms with Gasteiger partial charge in [0.05, 0.1) is 18.2 Å². The summed E-state index contributed by atoms with van der Waals surface area (Å²) >= 11 is 0. The molecule has 2 heterocycles. The largest absolute Gasteiger partial charge is 0.493 e. The van der Waals surface area contributed by atoms with Gasteiger partial charge in [-0.05, 0) is 42.3 Å². The second kappa shape index (κ2) is 7.66. The first kappa shape index (κ1) is 18.7. The lowest BCUT2D eigenvalue weighted by molar-refractivity contribution is 0.0289. The van der Waals surface area contributed by atoms with E-state index in [1.54, 1.807) is 6.07 Å². The molecule has 5 nitrogen and oxygen atoms in total. The van der Waals surface area contributed by atoms with Gasteiger partial charge in [-0.1, -0.05) is 30.3 Å². The summed E-state index contributed by atoms with van der Waals surface area (Å²) in [7, 11) is 0. The number of amides is 1. The van der Waals surface area contributed by atoms with Crippen molar-refractivity contribution in [3.05, 3.63) is 65.2 Å². The fourth-order valence-electron chi connectivity index (χ4n) is 3.76. The molecule has 1 amide bonds. The number of nitrogens with one attached hydrogen (secondary N) is 2. The summed E-state index contributed by atoms with van der Waals surface area (Å²) in [6.45, 7) is 1.86. The van der Waals surface area contributed by atoms with Crippen LogP contribution in [-0.4, -0.2) is 36.8 Å². The molecule has 0 bridgehead atoms. The van der Waals surface area contributed by atoms with Gasteiger partial charge in [0, 0.05) is 18.5 Å². The Morgan fingerprint density at radius 2 is 2.04 bits per heavy atom. The summed E-state index contributed by atoms with van der Waals surface area (Å²) in [5, 5.41) is 17.1. The Balaban J connectivity index is 0.00000196. The monoisotopic (exact) mass is 374 g/mol. The number of halogens is 1. The van der Waals surface area contributed by atoms with Crippen molar-refractivity contribution in [2.24, 2.45) is 0 Å². The number of aliphatic hydroxyl groups is 1. The van der Waals surface area contributed by atoms with Gasteiger partial charge in [0.25, 0.3) is 5.91 Å². The molecule has 0 aliphatic carbocycles. The van der Waals surface area contributed by atoms with E-state index in [0.29, 0.717) is 25.1 Å². The Kier molecular flexibility index (Phi) is 5.51. The fourth-order valence-corrected chi connectivity index (χ4v) is 3.76. The lowest BCUT2D eigenvalue weighted by Gasteiger charge is -2.43. The van der Waals surface area contributed by atoms with E-state index < -0.39 is 11.6 Å². The highest BCUT2D eigenvalue weighted by atomic mass is 35.5. The van der Waals surface area contributed by atoms with Crippen molar-refractivity contribution in [1.82, 2.24) is 10.6 Å². The number of hydrogen-bond donors (Lipinski definition) is 3. The summed E-state index contributed by atoms with van der Waals surface area (Å²) < 4.78 is 5.51. The van der Waals surface area contributed by atoms with Crippen molar-refractivity contribution in [3.8, 4) is 5.75 Å². The molecular formula is C20H23ClN2O3. The Morgan fingerprint density at radius 3 is 2.81 bits per heavy atom. The van der Waals surface area contributed by atoms with Gasteiger partial charge in [-0.25, -0.2) is 0 Å². The number of benzene rings is 2. The first-order valence-electron chi connectivity index (χ1n) is 8.71. The molecule has 3 N–H and O–H groups in total. The highest BCUT2D eigenvalue weighted by Crippen LogP contribution is 2.32. The zero-order valence-corrected chi connectivity index (χ0v) is 15.2. The van der Waals surface area contributed by atoms with Gasteiger partial charge in [0.2, 0.25) is 0 Å². The van der Waals surface area contributed by atoms with Crippen LogP contribution in [0.15, 0.2) is 48.5 Å². The first-order valence-corrected chi connectivity index (χ1v) is 8.71. The van der Waals surface area contributed by atoms with Crippen molar-refractivity contribution in [3.63, 3.8) is 0 Å². The molecule has 0 radical (unpaired) electrons. The highest BCUT2D eigenvalue weighted by molar-refractivity contribution is 5.95. The molecule has 2 aromatic carbocycles. The van der Waals surface area contributed by atoms with E-state index in [1.165, 1.54) is 0 Å². The van der Waals surface area contributed by atoms with E-state index >= 15 is 0 Å². The minimum atomic E-state index is -0.779.